The Labute approximate surface area is 118 Å². The van der Waals surface area contributed by atoms with Gasteiger partial charge in [0.05, 0.1) is 4.90 Å². The molecule has 1 N–H and O–H groups in total. The zero-order valence-corrected chi connectivity index (χ0v) is 9.29. The molecule has 0 bridgehead atoms. The van der Waals surface area contributed by atoms with Crippen molar-refractivity contribution in [2.75, 3.05) is 18.5 Å². The van der Waals surface area contributed by atoms with Gasteiger partial charge in [-0.1, -0.05) is 6.07 Å². The van der Waals surface area contributed by atoms with Crippen molar-refractivity contribution in [3.05, 3.63) is 23.8 Å². The number of nitrogens with zero attached hydrogens (tertiary/aromatic N) is 1. The Balaban J connectivity index is 0.00000128. The van der Waals surface area contributed by atoms with Crippen LogP contribution in [0.2, 0.25) is 0 Å². The van der Waals surface area contributed by atoms with E-state index in [0.29, 0.717) is 0 Å². The number of hydrogen-bond acceptors (Lipinski definition) is 3. The van der Waals surface area contributed by atoms with E-state index in [-0.39, 0.29) is 34.5 Å². The van der Waals surface area contributed by atoms with Crippen LogP contribution in [0.5, 0.6) is 0 Å². The number of fused-ring (bicyclic) bond motifs is 1. The monoisotopic (exact) mass is 251 g/mol. The van der Waals surface area contributed by atoms with Crippen molar-refractivity contribution < 1.29 is 13.0 Å². The fourth-order valence-electron chi connectivity index (χ4n) is 1.90. The number of anilines is 1. The average Bonchev–Trinajstić information content (AvgIpc) is 2.16. The van der Waals surface area contributed by atoms with E-state index < -0.39 is 10.1 Å². The fourth-order valence-corrected chi connectivity index (χ4v) is 2.40. The second-order valence-corrected chi connectivity index (χ2v) is 5.21. The summed E-state index contributed by atoms with van der Waals surface area (Å²) in [6.07, 6.45) is 2.04. The van der Waals surface area contributed by atoms with Crippen LogP contribution in [0, 0.1) is 0 Å². The SMILES string of the molecule is CN1CCCc2ccc(S(=O)(=O)O)cc21.[NaH]. The Bertz CT molecular complexity index is 487. The van der Waals surface area contributed by atoms with Gasteiger partial charge in [-0.15, -0.1) is 0 Å². The number of aryl methyl sites for hydroxylation is 1. The molecule has 1 aromatic rings. The minimum absolute atomic E-state index is 0. The van der Waals surface area contributed by atoms with E-state index in [1.54, 1.807) is 6.07 Å². The van der Waals surface area contributed by atoms with Gasteiger partial charge in [-0.3, -0.25) is 4.55 Å². The predicted molar refractivity (Wildman–Crippen MR) is 65.0 cm³/mol. The third-order valence-corrected chi connectivity index (χ3v) is 3.56. The Morgan fingerprint density at radius 3 is 2.69 bits per heavy atom. The van der Waals surface area contributed by atoms with Crippen molar-refractivity contribution >= 4 is 45.4 Å². The molecule has 16 heavy (non-hydrogen) atoms. The van der Waals surface area contributed by atoms with Crippen LogP contribution in [0.15, 0.2) is 23.1 Å². The molecule has 0 saturated heterocycles. The van der Waals surface area contributed by atoms with Crippen molar-refractivity contribution in [1.29, 1.82) is 0 Å². The topological polar surface area (TPSA) is 57.6 Å². The van der Waals surface area contributed by atoms with Gasteiger partial charge in [-0.25, -0.2) is 0 Å². The van der Waals surface area contributed by atoms with E-state index in [9.17, 15) is 8.42 Å². The molecule has 0 aliphatic carbocycles. The molecule has 0 amide bonds. The van der Waals surface area contributed by atoms with E-state index in [0.717, 1.165) is 30.6 Å². The van der Waals surface area contributed by atoms with Crippen molar-refractivity contribution in [3.63, 3.8) is 0 Å². The first-order valence-electron chi connectivity index (χ1n) is 4.80. The third-order valence-electron chi connectivity index (χ3n) is 2.71. The van der Waals surface area contributed by atoms with Gasteiger partial charge in [0.2, 0.25) is 0 Å². The average molecular weight is 251 g/mol. The summed E-state index contributed by atoms with van der Waals surface area (Å²) in [5, 5.41) is 0. The number of hydrogen-bond donors (Lipinski definition) is 1. The molecule has 0 radical (unpaired) electrons. The first-order chi connectivity index (χ1) is 6.98. The van der Waals surface area contributed by atoms with E-state index >= 15 is 0 Å². The molecule has 0 fully saturated rings. The second-order valence-electron chi connectivity index (χ2n) is 3.79. The van der Waals surface area contributed by atoms with Crippen molar-refractivity contribution in [1.82, 2.24) is 0 Å². The Morgan fingerprint density at radius 2 is 2.06 bits per heavy atom. The van der Waals surface area contributed by atoms with Gasteiger partial charge in [0.15, 0.2) is 0 Å². The van der Waals surface area contributed by atoms with Crippen LogP contribution in [-0.4, -0.2) is 56.1 Å². The van der Waals surface area contributed by atoms with Crippen molar-refractivity contribution in [2.45, 2.75) is 17.7 Å². The molecule has 1 heterocycles. The van der Waals surface area contributed by atoms with Crippen LogP contribution in [0.1, 0.15) is 12.0 Å². The zero-order valence-electron chi connectivity index (χ0n) is 8.47. The van der Waals surface area contributed by atoms with Crippen LogP contribution in [0.4, 0.5) is 5.69 Å². The van der Waals surface area contributed by atoms with Gasteiger partial charge in [-0.2, -0.15) is 8.42 Å². The summed E-state index contributed by atoms with van der Waals surface area (Å²) in [5.41, 5.74) is 2.03. The molecular formula is C10H14NNaO3S. The molecule has 1 aliphatic heterocycles. The Kier molecular flexibility index (Phi) is 4.42. The van der Waals surface area contributed by atoms with Gasteiger partial charge < -0.3 is 4.90 Å². The van der Waals surface area contributed by atoms with Gasteiger partial charge in [0.1, 0.15) is 0 Å². The van der Waals surface area contributed by atoms with Crippen molar-refractivity contribution in [2.24, 2.45) is 0 Å². The Hall–Kier alpha value is -0.0700. The molecule has 0 saturated carbocycles. The summed E-state index contributed by atoms with van der Waals surface area (Å²) in [4.78, 5) is 1.98. The second kappa shape index (κ2) is 5.06. The molecule has 0 aromatic heterocycles. The maximum atomic E-state index is 11.0. The molecule has 84 valence electrons. The Morgan fingerprint density at radius 1 is 1.38 bits per heavy atom. The summed E-state index contributed by atoms with van der Waals surface area (Å²) in [7, 11) is -2.16. The normalized spacial score (nSPS) is 15.2. The van der Waals surface area contributed by atoms with Gasteiger partial charge in [-0.05, 0) is 30.5 Å². The summed E-state index contributed by atoms with van der Waals surface area (Å²) >= 11 is 0. The summed E-state index contributed by atoms with van der Waals surface area (Å²) in [6, 6.07) is 4.76. The molecule has 6 heteroatoms. The van der Waals surface area contributed by atoms with Crippen LogP contribution in [-0.2, 0) is 16.5 Å². The molecular weight excluding hydrogens is 237 g/mol. The first-order valence-corrected chi connectivity index (χ1v) is 6.24. The predicted octanol–water partition coefficient (Wildman–Crippen LogP) is 0.667. The van der Waals surface area contributed by atoms with E-state index in [4.69, 9.17) is 4.55 Å². The standard InChI is InChI=1S/C10H13NO3S.Na.H/c1-11-6-2-3-8-4-5-9(7-10(8)11)15(12,13)14;;/h4-5,7H,2-3,6H2,1H3,(H,12,13,14);;. The van der Waals surface area contributed by atoms with E-state index in [1.165, 1.54) is 12.1 Å². The molecule has 0 atom stereocenters. The number of rotatable bonds is 1. The quantitative estimate of drug-likeness (QED) is 0.588. The maximum absolute atomic E-state index is 11.0. The summed E-state index contributed by atoms with van der Waals surface area (Å²) in [5.74, 6) is 0. The van der Waals surface area contributed by atoms with Crippen LogP contribution < -0.4 is 4.90 Å². The van der Waals surface area contributed by atoms with Gasteiger partial charge in [0, 0.05) is 19.3 Å². The van der Waals surface area contributed by atoms with Crippen LogP contribution in [0.3, 0.4) is 0 Å². The minimum atomic E-state index is -4.09. The van der Waals surface area contributed by atoms with Crippen LogP contribution in [0.25, 0.3) is 0 Å². The number of benzene rings is 1. The third kappa shape index (κ3) is 2.78. The van der Waals surface area contributed by atoms with Crippen molar-refractivity contribution in [3.8, 4) is 0 Å². The fraction of sp³-hybridized carbons (Fsp3) is 0.400. The molecule has 0 spiro atoms. The van der Waals surface area contributed by atoms with Gasteiger partial charge >= 0.3 is 29.6 Å². The molecule has 2 rings (SSSR count). The van der Waals surface area contributed by atoms with Gasteiger partial charge in [0.25, 0.3) is 10.1 Å². The van der Waals surface area contributed by atoms with Crippen LogP contribution >= 0.6 is 0 Å². The van der Waals surface area contributed by atoms with E-state index in [1.807, 2.05) is 11.9 Å². The molecule has 1 aliphatic rings. The summed E-state index contributed by atoms with van der Waals surface area (Å²) < 4.78 is 30.9. The molecule has 1 aromatic carbocycles. The zero-order chi connectivity index (χ0) is 11.1. The molecule has 0 unspecified atom stereocenters. The summed E-state index contributed by atoms with van der Waals surface area (Å²) in [6.45, 7) is 0.919. The van der Waals surface area contributed by atoms with E-state index in [2.05, 4.69) is 0 Å². The first kappa shape index (κ1) is 14.0. The molecule has 4 nitrogen and oxygen atoms in total.